The minimum Gasteiger partial charge on any atom is -0.484 e. The average molecular weight is 445 g/mol. The van der Waals surface area contributed by atoms with Crippen LogP contribution in [0.25, 0.3) is 0 Å². The van der Waals surface area contributed by atoms with Gasteiger partial charge in [-0.2, -0.15) is 0 Å². The van der Waals surface area contributed by atoms with Gasteiger partial charge in [0.15, 0.2) is 6.61 Å². The van der Waals surface area contributed by atoms with Gasteiger partial charge >= 0.3 is 5.97 Å². The molecular formula is C24H29ClN2O4. The third-order valence-corrected chi connectivity index (χ3v) is 5.13. The topological polar surface area (TPSA) is 59.1 Å². The van der Waals surface area contributed by atoms with Gasteiger partial charge in [-0.25, -0.2) is 0 Å². The number of nitrogens with zero attached hydrogens (tertiary/aromatic N) is 2. The molecule has 1 amide bonds. The SMILES string of the molecule is CC(C)(C)OC(=O)Cc1ccc(OCC(=O)N2CCN(c3ccc(Cl)cc3)CC2)cc1. The van der Waals surface area contributed by atoms with Crippen molar-refractivity contribution in [2.45, 2.75) is 32.8 Å². The van der Waals surface area contributed by atoms with Crippen LogP contribution in [0.3, 0.4) is 0 Å². The number of carbonyl (C=O) groups excluding carboxylic acids is 2. The van der Waals surface area contributed by atoms with Gasteiger partial charge in [0, 0.05) is 36.9 Å². The lowest BCUT2D eigenvalue weighted by atomic mass is 10.1. The van der Waals surface area contributed by atoms with Crippen LogP contribution in [0.1, 0.15) is 26.3 Å². The summed E-state index contributed by atoms with van der Waals surface area (Å²) in [6, 6.07) is 14.9. The van der Waals surface area contributed by atoms with Crippen molar-refractivity contribution >= 4 is 29.2 Å². The van der Waals surface area contributed by atoms with Gasteiger partial charge in [-0.3, -0.25) is 9.59 Å². The fourth-order valence-corrected chi connectivity index (χ4v) is 3.48. The lowest BCUT2D eigenvalue weighted by molar-refractivity contribution is -0.153. The number of esters is 1. The lowest BCUT2D eigenvalue weighted by Crippen LogP contribution is -2.50. The molecule has 2 aromatic carbocycles. The molecule has 1 heterocycles. The first-order chi connectivity index (χ1) is 14.7. The molecule has 0 aromatic heterocycles. The molecule has 0 saturated carbocycles. The molecule has 0 bridgehead atoms. The van der Waals surface area contributed by atoms with Crippen LogP contribution in [0.4, 0.5) is 5.69 Å². The molecule has 2 aromatic rings. The van der Waals surface area contributed by atoms with Crippen molar-refractivity contribution in [2.75, 3.05) is 37.7 Å². The molecule has 0 radical (unpaired) electrons. The lowest BCUT2D eigenvalue weighted by Gasteiger charge is -2.36. The Balaban J connectivity index is 1.42. The zero-order chi connectivity index (χ0) is 22.4. The number of amides is 1. The number of hydrogen-bond acceptors (Lipinski definition) is 5. The molecule has 7 heteroatoms. The van der Waals surface area contributed by atoms with E-state index in [1.165, 1.54) is 0 Å². The summed E-state index contributed by atoms with van der Waals surface area (Å²) in [5.74, 6) is 0.295. The number of benzene rings is 2. The summed E-state index contributed by atoms with van der Waals surface area (Å²) in [6.07, 6.45) is 0.203. The zero-order valence-electron chi connectivity index (χ0n) is 18.3. The smallest absolute Gasteiger partial charge is 0.310 e. The Bertz CT molecular complexity index is 883. The Morgan fingerprint density at radius 1 is 0.935 bits per heavy atom. The summed E-state index contributed by atoms with van der Waals surface area (Å²) in [5, 5.41) is 0.715. The molecule has 0 atom stereocenters. The fourth-order valence-electron chi connectivity index (χ4n) is 3.35. The number of hydrogen-bond donors (Lipinski definition) is 0. The van der Waals surface area contributed by atoms with E-state index in [2.05, 4.69) is 4.90 Å². The summed E-state index contributed by atoms with van der Waals surface area (Å²) in [6.45, 7) is 8.37. The molecule has 0 aliphatic carbocycles. The molecule has 1 aliphatic heterocycles. The first kappa shape index (κ1) is 22.9. The predicted octanol–water partition coefficient (Wildman–Crippen LogP) is 3.95. The Kier molecular flexibility index (Phi) is 7.44. The number of ether oxygens (including phenoxy) is 2. The molecule has 6 nitrogen and oxygen atoms in total. The highest BCUT2D eigenvalue weighted by molar-refractivity contribution is 6.30. The van der Waals surface area contributed by atoms with Crippen LogP contribution in [-0.4, -0.2) is 55.2 Å². The molecular weight excluding hydrogens is 416 g/mol. The summed E-state index contributed by atoms with van der Waals surface area (Å²) in [7, 11) is 0. The number of piperazine rings is 1. The van der Waals surface area contributed by atoms with Crippen LogP contribution < -0.4 is 9.64 Å². The van der Waals surface area contributed by atoms with Crippen LogP contribution in [-0.2, 0) is 20.7 Å². The number of halogens is 1. The van der Waals surface area contributed by atoms with E-state index in [0.717, 1.165) is 24.3 Å². The quantitative estimate of drug-likeness (QED) is 0.631. The molecule has 1 fully saturated rings. The summed E-state index contributed by atoms with van der Waals surface area (Å²) >= 11 is 5.95. The summed E-state index contributed by atoms with van der Waals surface area (Å²) in [5.41, 5.74) is 1.45. The molecule has 31 heavy (non-hydrogen) atoms. The second-order valence-electron chi connectivity index (χ2n) is 8.54. The highest BCUT2D eigenvalue weighted by Crippen LogP contribution is 2.20. The van der Waals surface area contributed by atoms with Crippen LogP contribution in [0.2, 0.25) is 5.02 Å². The highest BCUT2D eigenvalue weighted by Gasteiger charge is 2.22. The van der Waals surface area contributed by atoms with Crippen molar-refractivity contribution in [3.05, 3.63) is 59.1 Å². The van der Waals surface area contributed by atoms with E-state index in [4.69, 9.17) is 21.1 Å². The van der Waals surface area contributed by atoms with Gasteiger partial charge in [0.1, 0.15) is 11.4 Å². The minimum absolute atomic E-state index is 0.00758. The van der Waals surface area contributed by atoms with E-state index >= 15 is 0 Å². The van der Waals surface area contributed by atoms with E-state index in [1.54, 1.807) is 12.1 Å². The maximum Gasteiger partial charge on any atom is 0.310 e. The van der Waals surface area contributed by atoms with E-state index in [9.17, 15) is 9.59 Å². The third-order valence-electron chi connectivity index (χ3n) is 4.88. The Morgan fingerprint density at radius 3 is 2.13 bits per heavy atom. The fraction of sp³-hybridized carbons (Fsp3) is 0.417. The van der Waals surface area contributed by atoms with Crippen molar-refractivity contribution in [3.63, 3.8) is 0 Å². The van der Waals surface area contributed by atoms with Gasteiger partial charge < -0.3 is 19.3 Å². The highest BCUT2D eigenvalue weighted by atomic mass is 35.5. The Hall–Kier alpha value is -2.73. The van der Waals surface area contributed by atoms with E-state index in [-0.39, 0.29) is 24.9 Å². The van der Waals surface area contributed by atoms with Crippen molar-refractivity contribution in [3.8, 4) is 5.75 Å². The van der Waals surface area contributed by atoms with Gasteiger partial charge in [-0.1, -0.05) is 23.7 Å². The zero-order valence-corrected chi connectivity index (χ0v) is 19.0. The van der Waals surface area contributed by atoms with Gasteiger partial charge in [0.2, 0.25) is 0 Å². The van der Waals surface area contributed by atoms with E-state index in [1.807, 2.05) is 62.1 Å². The molecule has 0 spiro atoms. The number of rotatable bonds is 6. The predicted molar refractivity (Wildman–Crippen MR) is 122 cm³/mol. The standard InChI is InChI=1S/C24H29ClN2O4/c1-24(2,3)31-23(29)16-18-4-10-21(11-5-18)30-17-22(28)27-14-12-26(13-15-27)20-8-6-19(25)7-9-20/h4-11H,12-17H2,1-3H3. The minimum atomic E-state index is -0.499. The average Bonchev–Trinajstić information content (AvgIpc) is 2.72. The molecule has 3 rings (SSSR count). The van der Waals surface area contributed by atoms with Crippen molar-refractivity contribution in [1.29, 1.82) is 0 Å². The van der Waals surface area contributed by atoms with Crippen LogP contribution in [0.5, 0.6) is 5.75 Å². The van der Waals surface area contributed by atoms with Gasteiger partial charge in [0.05, 0.1) is 6.42 Å². The van der Waals surface area contributed by atoms with Crippen molar-refractivity contribution in [2.24, 2.45) is 0 Å². The van der Waals surface area contributed by atoms with Crippen LogP contribution in [0, 0.1) is 0 Å². The van der Waals surface area contributed by atoms with Crippen molar-refractivity contribution < 1.29 is 19.1 Å². The second kappa shape index (κ2) is 10.1. The molecule has 1 saturated heterocycles. The first-order valence-electron chi connectivity index (χ1n) is 10.4. The summed E-state index contributed by atoms with van der Waals surface area (Å²) in [4.78, 5) is 28.5. The summed E-state index contributed by atoms with van der Waals surface area (Å²) < 4.78 is 11.0. The van der Waals surface area contributed by atoms with E-state index in [0.29, 0.717) is 23.9 Å². The maximum atomic E-state index is 12.5. The van der Waals surface area contributed by atoms with Crippen molar-refractivity contribution in [1.82, 2.24) is 4.90 Å². The molecule has 0 unspecified atom stereocenters. The van der Waals surface area contributed by atoms with Gasteiger partial charge in [-0.05, 0) is 62.7 Å². The van der Waals surface area contributed by atoms with E-state index < -0.39 is 5.60 Å². The molecule has 0 N–H and O–H groups in total. The third kappa shape index (κ3) is 7.17. The second-order valence-corrected chi connectivity index (χ2v) is 8.98. The first-order valence-corrected chi connectivity index (χ1v) is 10.8. The molecule has 166 valence electrons. The largest absolute Gasteiger partial charge is 0.484 e. The number of anilines is 1. The van der Waals surface area contributed by atoms with Gasteiger partial charge in [0.25, 0.3) is 5.91 Å². The van der Waals surface area contributed by atoms with Crippen LogP contribution in [0.15, 0.2) is 48.5 Å². The Labute approximate surface area is 188 Å². The normalized spacial score (nSPS) is 14.3. The molecule has 1 aliphatic rings. The maximum absolute atomic E-state index is 12.5. The Morgan fingerprint density at radius 2 is 1.55 bits per heavy atom. The monoisotopic (exact) mass is 444 g/mol. The van der Waals surface area contributed by atoms with Gasteiger partial charge in [-0.15, -0.1) is 0 Å². The van der Waals surface area contributed by atoms with Crippen LogP contribution >= 0.6 is 11.6 Å². The number of carbonyl (C=O) groups is 2.